The number of anilines is 1. The normalized spacial score (nSPS) is 13.3. The summed E-state index contributed by atoms with van der Waals surface area (Å²) in [4.78, 5) is 25.9. The Kier molecular flexibility index (Phi) is 5.29. The van der Waals surface area contributed by atoms with Crippen molar-refractivity contribution in [3.05, 3.63) is 59.2 Å². The minimum Gasteiger partial charge on any atom is -0.455 e. The number of hydrogen-bond donors (Lipinski definition) is 1. The van der Waals surface area contributed by atoms with Crippen LogP contribution >= 0.6 is 0 Å². The molecule has 1 heterocycles. The van der Waals surface area contributed by atoms with E-state index in [0.717, 1.165) is 16.7 Å². The Morgan fingerprint density at radius 3 is 2.63 bits per heavy atom. The molecule has 142 valence electrons. The number of nitrogens with zero attached hydrogens (tertiary/aromatic N) is 1. The van der Waals surface area contributed by atoms with Gasteiger partial charge in [0, 0.05) is 12.2 Å². The Balaban J connectivity index is 1.62. The van der Waals surface area contributed by atoms with Crippen molar-refractivity contribution in [1.82, 2.24) is 0 Å². The molecule has 27 heavy (non-hydrogen) atoms. The van der Waals surface area contributed by atoms with Crippen LogP contribution in [0.4, 0.5) is 5.69 Å². The molecule has 0 bridgehead atoms. The first-order valence-corrected chi connectivity index (χ1v) is 9.96. The molecule has 1 aliphatic heterocycles. The smallest absolute Gasteiger partial charge is 0.310 e. The number of primary sulfonamides is 1. The topological polar surface area (TPSA) is 107 Å². The Labute approximate surface area is 157 Å². The van der Waals surface area contributed by atoms with Gasteiger partial charge in [-0.15, -0.1) is 0 Å². The van der Waals surface area contributed by atoms with Crippen LogP contribution in [0, 0.1) is 6.92 Å². The molecule has 2 N–H and O–H groups in total. The third-order valence-corrected chi connectivity index (χ3v) is 5.44. The summed E-state index contributed by atoms with van der Waals surface area (Å²) in [7, 11) is -3.79. The van der Waals surface area contributed by atoms with E-state index in [4.69, 9.17) is 9.88 Å². The largest absolute Gasteiger partial charge is 0.455 e. The van der Waals surface area contributed by atoms with Gasteiger partial charge >= 0.3 is 5.97 Å². The highest BCUT2D eigenvalue weighted by Gasteiger charge is 2.26. The van der Waals surface area contributed by atoms with Crippen molar-refractivity contribution in [2.45, 2.75) is 24.7 Å². The lowest BCUT2D eigenvalue weighted by atomic mass is 10.1. The molecular formula is C19H20N2O5S. The van der Waals surface area contributed by atoms with Gasteiger partial charge in [-0.25, -0.2) is 13.6 Å². The molecule has 0 saturated carbocycles. The molecule has 7 nitrogen and oxygen atoms in total. The summed E-state index contributed by atoms with van der Waals surface area (Å²) in [5.41, 5.74) is 3.18. The van der Waals surface area contributed by atoms with Crippen molar-refractivity contribution in [2.24, 2.45) is 5.14 Å². The van der Waals surface area contributed by atoms with E-state index in [1.165, 1.54) is 17.0 Å². The van der Waals surface area contributed by atoms with E-state index in [2.05, 4.69) is 0 Å². The van der Waals surface area contributed by atoms with Gasteiger partial charge in [0.1, 0.15) is 0 Å². The molecule has 3 rings (SSSR count). The second-order valence-corrected chi connectivity index (χ2v) is 7.96. The van der Waals surface area contributed by atoms with Crippen molar-refractivity contribution in [2.75, 3.05) is 18.1 Å². The number of rotatable bonds is 5. The number of carbonyl (C=O) groups is 2. The van der Waals surface area contributed by atoms with E-state index < -0.39 is 16.0 Å². The summed E-state index contributed by atoms with van der Waals surface area (Å²) in [5.74, 6) is -0.822. The lowest BCUT2D eigenvalue weighted by molar-refractivity contribution is -0.147. The molecule has 8 heteroatoms. The molecule has 0 unspecified atom stereocenters. The fraction of sp³-hybridized carbons (Fsp3) is 0.263. The van der Waals surface area contributed by atoms with Gasteiger partial charge < -0.3 is 9.64 Å². The van der Waals surface area contributed by atoms with Gasteiger partial charge in [0.2, 0.25) is 10.0 Å². The molecule has 1 aliphatic rings. The van der Waals surface area contributed by atoms with Crippen LogP contribution in [-0.2, 0) is 37.2 Å². The predicted molar refractivity (Wildman–Crippen MR) is 99.7 cm³/mol. The lowest BCUT2D eigenvalue weighted by Gasteiger charge is -2.17. The predicted octanol–water partition coefficient (Wildman–Crippen LogP) is 1.32. The summed E-state index contributed by atoms with van der Waals surface area (Å²) >= 11 is 0. The van der Waals surface area contributed by atoms with E-state index in [1.807, 2.05) is 31.2 Å². The minimum absolute atomic E-state index is 0.0141. The Morgan fingerprint density at radius 1 is 1.19 bits per heavy atom. The maximum Gasteiger partial charge on any atom is 0.310 e. The number of amides is 1. The zero-order valence-corrected chi connectivity index (χ0v) is 15.7. The molecule has 1 amide bonds. The first-order chi connectivity index (χ1) is 12.8. The van der Waals surface area contributed by atoms with Crippen LogP contribution in [-0.4, -0.2) is 33.4 Å². The van der Waals surface area contributed by atoms with Crippen LogP contribution in [0.1, 0.15) is 16.7 Å². The van der Waals surface area contributed by atoms with Gasteiger partial charge in [0.05, 0.1) is 11.3 Å². The van der Waals surface area contributed by atoms with Crippen LogP contribution in [0.25, 0.3) is 0 Å². The quantitative estimate of drug-likeness (QED) is 0.778. The third kappa shape index (κ3) is 4.35. The van der Waals surface area contributed by atoms with Crippen molar-refractivity contribution in [3.63, 3.8) is 0 Å². The van der Waals surface area contributed by atoms with Crippen LogP contribution in [0.5, 0.6) is 0 Å². The fourth-order valence-corrected chi connectivity index (χ4v) is 3.61. The molecule has 0 radical (unpaired) electrons. The van der Waals surface area contributed by atoms with Gasteiger partial charge in [-0.05, 0) is 48.2 Å². The molecule has 0 aliphatic carbocycles. The fourth-order valence-electron chi connectivity index (χ4n) is 3.05. The zero-order valence-electron chi connectivity index (χ0n) is 14.8. The van der Waals surface area contributed by atoms with E-state index in [0.29, 0.717) is 18.7 Å². The monoisotopic (exact) mass is 388 g/mol. The number of sulfonamides is 1. The maximum atomic E-state index is 12.4. The molecule has 0 saturated heterocycles. The van der Waals surface area contributed by atoms with Crippen LogP contribution in [0.15, 0.2) is 47.4 Å². The molecule has 0 atom stereocenters. The number of fused-ring (bicyclic) bond motifs is 1. The SMILES string of the molecule is Cc1ccccc1CC(=O)OCC(=O)N1CCc2cc(S(N)(=O)=O)ccc21. The Hall–Kier alpha value is -2.71. The molecule has 2 aromatic rings. The minimum atomic E-state index is -3.79. The number of ether oxygens (including phenoxy) is 1. The first kappa shape index (κ1) is 19.1. The summed E-state index contributed by atoms with van der Waals surface area (Å²) in [6.07, 6.45) is 0.621. The van der Waals surface area contributed by atoms with Gasteiger partial charge in [-0.3, -0.25) is 9.59 Å². The zero-order chi connectivity index (χ0) is 19.6. The van der Waals surface area contributed by atoms with Gasteiger partial charge in [0.25, 0.3) is 5.91 Å². The second kappa shape index (κ2) is 7.50. The van der Waals surface area contributed by atoms with Crippen molar-refractivity contribution in [1.29, 1.82) is 0 Å². The number of esters is 1. The molecule has 2 aromatic carbocycles. The van der Waals surface area contributed by atoms with Gasteiger partial charge in [-0.1, -0.05) is 24.3 Å². The summed E-state index contributed by atoms with van der Waals surface area (Å²) < 4.78 is 28.0. The van der Waals surface area contributed by atoms with E-state index in [9.17, 15) is 18.0 Å². The Morgan fingerprint density at radius 2 is 1.93 bits per heavy atom. The number of hydrogen-bond acceptors (Lipinski definition) is 5. The highest BCUT2D eigenvalue weighted by atomic mass is 32.2. The van der Waals surface area contributed by atoms with Gasteiger partial charge in [-0.2, -0.15) is 0 Å². The lowest BCUT2D eigenvalue weighted by Crippen LogP contribution is -2.33. The first-order valence-electron chi connectivity index (χ1n) is 8.42. The highest BCUT2D eigenvalue weighted by molar-refractivity contribution is 7.89. The third-order valence-electron chi connectivity index (χ3n) is 4.53. The Bertz CT molecular complexity index is 1000. The van der Waals surface area contributed by atoms with Crippen LogP contribution in [0.3, 0.4) is 0 Å². The van der Waals surface area contributed by atoms with Crippen molar-refractivity contribution >= 4 is 27.6 Å². The van der Waals surface area contributed by atoms with Crippen molar-refractivity contribution in [3.8, 4) is 0 Å². The van der Waals surface area contributed by atoms with Gasteiger partial charge in [0.15, 0.2) is 6.61 Å². The molecule has 0 spiro atoms. The van der Waals surface area contributed by atoms with E-state index >= 15 is 0 Å². The molecule has 0 fully saturated rings. The summed E-state index contributed by atoms with van der Waals surface area (Å²) in [6, 6.07) is 11.9. The number of nitrogens with two attached hydrogens (primary N) is 1. The average Bonchev–Trinajstić information content (AvgIpc) is 3.04. The van der Waals surface area contributed by atoms with Crippen LogP contribution < -0.4 is 10.0 Å². The van der Waals surface area contributed by atoms with Crippen LogP contribution in [0.2, 0.25) is 0 Å². The highest BCUT2D eigenvalue weighted by Crippen LogP contribution is 2.30. The molecule has 0 aromatic heterocycles. The molecular weight excluding hydrogens is 368 g/mol. The maximum absolute atomic E-state index is 12.4. The van der Waals surface area contributed by atoms with E-state index in [-0.39, 0.29) is 23.8 Å². The number of carbonyl (C=O) groups excluding carboxylic acids is 2. The average molecular weight is 388 g/mol. The summed E-state index contributed by atoms with van der Waals surface area (Å²) in [6.45, 7) is 1.95. The second-order valence-electron chi connectivity index (χ2n) is 6.39. The summed E-state index contributed by atoms with van der Waals surface area (Å²) in [5, 5.41) is 5.13. The van der Waals surface area contributed by atoms with Crippen molar-refractivity contribution < 1.29 is 22.7 Å². The van der Waals surface area contributed by atoms with E-state index in [1.54, 1.807) is 6.07 Å². The number of benzene rings is 2. The standard InChI is InChI=1S/C19H20N2O5S/c1-13-4-2-3-5-14(13)11-19(23)26-12-18(22)21-9-8-15-10-16(27(20,24)25)6-7-17(15)21/h2-7,10H,8-9,11-12H2,1H3,(H2,20,24,25). The number of aryl methyl sites for hydroxylation is 1.